The average molecular weight is 387 g/mol. The normalized spacial score (nSPS) is 28.3. The average Bonchev–Trinajstić information content (AvgIpc) is 3.06. The van der Waals surface area contributed by atoms with Crippen LogP contribution >= 0.6 is 11.6 Å². The highest BCUT2D eigenvalue weighted by molar-refractivity contribution is 6.33. The highest BCUT2D eigenvalue weighted by Crippen LogP contribution is 2.44. The molecule has 9 nitrogen and oxygen atoms in total. The summed E-state index contributed by atoms with van der Waals surface area (Å²) in [6, 6.07) is 0. The molecule has 4 atom stereocenters. The lowest BCUT2D eigenvalue weighted by atomic mass is 9.98. The fourth-order valence-corrected chi connectivity index (χ4v) is 3.08. The van der Waals surface area contributed by atoms with Crippen LogP contribution in [0.1, 0.15) is 27.0 Å². The standard InChI is InChI=1S/C15H16ClFN4O5/c1-7(22)24-4-9-11(25-8(2)23)15(3,17)14(26-9)21-6-20-10-12(16)18-5-19-13(10)21/h5-6,9,11,14H,4H2,1-3H3/t9-,11?,14-,15-/m1/s1. The quantitative estimate of drug-likeness (QED) is 0.576. The zero-order valence-electron chi connectivity index (χ0n) is 14.2. The summed E-state index contributed by atoms with van der Waals surface area (Å²) in [5, 5.41) is 0.111. The Morgan fingerprint density at radius 3 is 2.73 bits per heavy atom. The highest BCUT2D eigenvalue weighted by Gasteiger charge is 2.58. The minimum absolute atomic E-state index is 0.111. The molecular formula is C15H16ClFN4O5. The van der Waals surface area contributed by atoms with E-state index < -0.39 is 36.0 Å². The van der Waals surface area contributed by atoms with Gasteiger partial charge in [-0.1, -0.05) is 11.6 Å². The Morgan fingerprint density at radius 1 is 1.35 bits per heavy atom. The van der Waals surface area contributed by atoms with E-state index in [-0.39, 0.29) is 22.9 Å². The summed E-state index contributed by atoms with van der Waals surface area (Å²) in [6.45, 7) is 3.33. The van der Waals surface area contributed by atoms with Gasteiger partial charge < -0.3 is 14.2 Å². The summed E-state index contributed by atoms with van der Waals surface area (Å²) in [5.74, 6) is -1.25. The summed E-state index contributed by atoms with van der Waals surface area (Å²) in [5.41, 5.74) is -1.61. The van der Waals surface area contributed by atoms with Gasteiger partial charge in [0.2, 0.25) is 0 Å². The first-order valence-electron chi connectivity index (χ1n) is 7.69. The molecule has 0 amide bonds. The Morgan fingerprint density at radius 2 is 2.08 bits per heavy atom. The van der Waals surface area contributed by atoms with Gasteiger partial charge in [0.05, 0.1) is 6.33 Å². The van der Waals surface area contributed by atoms with E-state index in [9.17, 15) is 9.59 Å². The molecule has 3 heterocycles. The highest BCUT2D eigenvalue weighted by atomic mass is 35.5. The number of nitrogens with zero attached hydrogens (tertiary/aromatic N) is 4. The molecule has 0 radical (unpaired) electrons. The first-order chi connectivity index (χ1) is 12.2. The van der Waals surface area contributed by atoms with Gasteiger partial charge in [0.1, 0.15) is 24.6 Å². The third-order valence-electron chi connectivity index (χ3n) is 3.99. The van der Waals surface area contributed by atoms with E-state index in [1.807, 2.05) is 0 Å². The summed E-state index contributed by atoms with van der Waals surface area (Å²) in [4.78, 5) is 34.5. The number of halogens is 2. The maximum absolute atomic E-state index is 15.6. The number of carbonyl (C=O) groups excluding carboxylic acids is 2. The largest absolute Gasteiger partial charge is 0.463 e. The molecule has 0 aliphatic carbocycles. The van der Waals surface area contributed by atoms with E-state index in [1.165, 1.54) is 31.1 Å². The van der Waals surface area contributed by atoms with Crippen molar-refractivity contribution < 1.29 is 28.2 Å². The van der Waals surface area contributed by atoms with Crippen LogP contribution in [0.4, 0.5) is 4.39 Å². The van der Waals surface area contributed by atoms with Crippen LogP contribution in [0, 0.1) is 0 Å². The van der Waals surface area contributed by atoms with Crippen LogP contribution in [0.2, 0.25) is 5.15 Å². The first kappa shape index (κ1) is 18.5. The van der Waals surface area contributed by atoms with Crippen LogP contribution in [0.15, 0.2) is 12.7 Å². The summed E-state index contributed by atoms with van der Waals surface area (Å²) < 4.78 is 32.7. The van der Waals surface area contributed by atoms with Crippen LogP contribution in [-0.2, 0) is 23.8 Å². The fraction of sp³-hybridized carbons (Fsp3) is 0.533. The Balaban J connectivity index is 1.99. The number of esters is 2. The molecule has 2 aromatic heterocycles. The number of carbonyl (C=O) groups is 2. The third-order valence-corrected chi connectivity index (χ3v) is 4.27. The second kappa shape index (κ2) is 6.76. The molecule has 0 spiro atoms. The van der Waals surface area contributed by atoms with Gasteiger partial charge in [-0.25, -0.2) is 19.3 Å². The molecule has 1 fully saturated rings. The smallest absolute Gasteiger partial charge is 0.303 e. The van der Waals surface area contributed by atoms with E-state index in [2.05, 4.69) is 15.0 Å². The van der Waals surface area contributed by atoms with Crippen LogP contribution in [-0.4, -0.2) is 55.9 Å². The van der Waals surface area contributed by atoms with Crippen molar-refractivity contribution in [3.05, 3.63) is 17.8 Å². The topological polar surface area (TPSA) is 105 Å². The monoisotopic (exact) mass is 386 g/mol. The number of hydrogen-bond donors (Lipinski definition) is 0. The third kappa shape index (κ3) is 3.21. The van der Waals surface area contributed by atoms with Gasteiger partial charge in [-0.05, 0) is 6.92 Å². The molecule has 0 saturated carbocycles. The number of alkyl halides is 1. The van der Waals surface area contributed by atoms with Crippen molar-refractivity contribution in [3.8, 4) is 0 Å². The maximum Gasteiger partial charge on any atom is 0.303 e. The van der Waals surface area contributed by atoms with Gasteiger partial charge in [-0.15, -0.1) is 0 Å². The van der Waals surface area contributed by atoms with E-state index in [0.29, 0.717) is 0 Å². The maximum atomic E-state index is 15.6. The van der Waals surface area contributed by atoms with Crippen molar-refractivity contribution in [3.63, 3.8) is 0 Å². The second-order valence-corrected chi connectivity index (χ2v) is 6.36. The van der Waals surface area contributed by atoms with Crippen LogP contribution in [0.25, 0.3) is 11.2 Å². The minimum atomic E-state index is -2.15. The number of fused-ring (bicyclic) bond motifs is 1. The lowest BCUT2D eigenvalue weighted by Gasteiger charge is -2.27. The molecule has 0 bridgehead atoms. The SMILES string of the molecule is CC(=O)OC[C@H]1O[C@@H](n2cnc3c(Cl)ncnc32)[C@](C)(F)C1OC(C)=O. The number of imidazole rings is 1. The van der Waals surface area contributed by atoms with Gasteiger partial charge in [0, 0.05) is 13.8 Å². The van der Waals surface area contributed by atoms with Gasteiger partial charge in [-0.3, -0.25) is 14.2 Å². The first-order valence-corrected chi connectivity index (χ1v) is 8.07. The summed E-state index contributed by atoms with van der Waals surface area (Å²) in [7, 11) is 0. The molecule has 1 saturated heterocycles. The summed E-state index contributed by atoms with van der Waals surface area (Å²) in [6.07, 6.45) is -1.000. The zero-order valence-corrected chi connectivity index (χ0v) is 14.9. The lowest BCUT2D eigenvalue weighted by molar-refractivity contribution is -0.158. The van der Waals surface area contributed by atoms with E-state index >= 15 is 4.39 Å². The van der Waals surface area contributed by atoms with Gasteiger partial charge in [0.25, 0.3) is 0 Å². The van der Waals surface area contributed by atoms with Crippen molar-refractivity contribution in [2.45, 2.75) is 44.9 Å². The zero-order chi connectivity index (χ0) is 19.1. The van der Waals surface area contributed by atoms with Crippen molar-refractivity contribution >= 4 is 34.7 Å². The molecule has 3 rings (SSSR count). The van der Waals surface area contributed by atoms with Crippen LogP contribution in [0.5, 0.6) is 0 Å². The predicted molar refractivity (Wildman–Crippen MR) is 85.9 cm³/mol. The Kier molecular flexibility index (Phi) is 4.80. The van der Waals surface area contributed by atoms with Crippen molar-refractivity contribution in [2.24, 2.45) is 0 Å². The number of rotatable bonds is 4. The molecule has 0 N–H and O–H groups in total. The number of ether oxygens (including phenoxy) is 3. The summed E-state index contributed by atoms with van der Waals surface area (Å²) >= 11 is 5.97. The minimum Gasteiger partial charge on any atom is -0.463 e. The van der Waals surface area contributed by atoms with E-state index in [1.54, 1.807) is 0 Å². The van der Waals surface area contributed by atoms with Gasteiger partial charge in [0.15, 0.2) is 28.8 Å². The molecule has 2 aromatic rings. The molecule has 1 aliphatic heterocycles. The van der Waals surface area contributed by atoms with Crippen LogP contribution in [0.3, 0.4) is 0 Å². The molecule has 1 unspecified atom stereocenters. The molecule has 0 aromatic carbocycles. The molecule has 26 heavy (non-hydrogen) atoms. The Hall–Kier alpha value is -2.33. The fourth-order valence-electron chi connectivity index (χ4n) is 2.90. The van der Waals surface area contributed by atoms with E-state index in [4.69, 9.17) is 25.8 Å². The van der Waals surface area contributed by atoms with Gasteiger partial charge in [-0.2, -0.15) is 0 Å². The Bertz CT molecular complexity index is 858. The van der Waals surface area contributed by atoms with Crippen LogP contribution < -0.4 is 0 Å². The predicted octanol–water partition coefficient (Wildman–Crippen LogP) is 1.60. The van der Waals surface area contributed by atoms with Crippen molar-refractivity contribution in [2.75, 3.05) is 6.61 Å². The van der Waals surface area contributed by atoms with E-state index in [0.717, 1.165) is 6.92 Å². The van der Waals surface area contributed by atoms with Crippen molar-refractivity contribution in [1.82, 2.24) is 19.5 Å². The number of hydrogen-bond acceptors (Lipinski definition) is 8. The molecule has 140 valence electrons. The molecule has 1 aliphatic rings. The van der Waals surface area contributed by atoms with Gasteiger partial charge >= 0.3 is 11.9 Å². The number of aromatic nitrogens is 4. The Labute approximate surface area is 152 Å². The second-order valence-electron chi connectivity index (χ2n) is 6.00. The van der Waals surface area contributed by atoms with Crippen molar-refractivity contribution in [1.29, 1.82) is 0 Å². The lowest BCUT2D eigenvalue weighted by Crippen LogP contribution is -2.44. The molecular weight excluding hydrogens is 371 g/mol. The molecule has 11 heteroatoms.